The van der Waals surface area contributed by atoms with Crippen molar-refractivity contribution in [1.82, 2.24) is 9.80 Å². The van der Waals surface area contributed by atoms with Crippen LogP contribution in [0.25, 0.3) is 0 Å². The lowest BCUT2D eigenvalue weighted by molar-refractivity contribution is 0.159. The van der Waals surface area contributed by atoms with Crippen LogP contribution in [0.5, 0.6) is 0 Å². The van der Waals surface area contributed by atoms with Crippen molar-refractivity contribution in [2.75, 3.05) is 32.7 Å². The molecule has 0 aliphatic rings. The normalized spacial score (nSPS) is 10.0. The maximum Gasteiger partial charge on any atom is 0.319 e. The van der Waals surface area contributed by atoms with Gasteiger partial charge in [0.15, 0.2) is 0 Å². The zero-order chi connectivity index (χ0) is 11.0. The quantitative estimate of drug-likeness (QED) is 0.700. The minimum absolute atomic E-state index is 0.131. The van der Waals surface area contributed by atoms with Crippen LogP contribution in [-0.4, -0.2) is 48.6 Å². The second-order valence-corrected chi connectivity index (χ2v) is 3.18. The Morgan fingerprint density at radius 3 is 1.93 bits per heavy atom. The van der Waals surface area contributed by atoms with E-state index in [1.807, 2.05) is 30.6 Å². The molecule has 0 aliphatic carbocycles. The number of hydrogen-bond donors (Lipinski definition) is 1. The second kappa shape index (κ2) is 7.62. The van der Waals surface area contributed by atoms with Gasteiger partial charge in [0, 0.05) is 26.2 Å². The molecular formula is C10H23N3O. The van der Waals surface area contributed by atoms with Crippen LogP contribution in [0.2, 0.25) is 0 Å². The Balaban J connectivity index is 4.13. The van der Waals surface area contributed by atoms with E-state index in [4.69, 9.17) is 5.73 Å². The topological polar surface area (TPSA) is 49.6 Å². The van der Waals surface area contributed by atoms with Crippen molar-refractivity contribution in [3.8, 4) is 0 Å². The molecule has 0 fully saturated rings. The predicted molar refractivity (Wildman–Crippen MR) is 59.2 cm³/mol. The standard InChI is InChI=1S/C10H23N3O/c1-4-12(5-2)10(14)13(6-3)9-7-8-11/h4-9,11H2,1-3H3. The molecular weight excluding hydrogens is 178 g/mol. The maximum absolute atomic E-state index is 11.9. The summed E-state index contributed by atoms with van der Waals surface area (Å²) in [7, 11) is 0. The van der Waals surface area contributed by atoms with Gasteiger partial charge >= 0.3 is 6.03 Å². The van der Waals surface area contributed by atoms with Crippen LogP contribution in [0.4, 0.5) is 4.79 Å². The highest BCUT2D eigenvalue weighted by Crippen LogP contribution is 1.99. The Morgan fingerprint density at radius 1 is 1.07 bits per heavy atom. The second-order valence-electron chi connectivity index (χ2n) is 3.18. The molecule has 0 saturated heterocycles. The van der Waals surface area contributed by atoms with Gasteiger partial charge in [-0.05, 0) is 33.7 Å². The molecule has 14 heavy (non-hydrogen) atoms. The van der Waals surface area contributed by atoms with E-state index < -0.39 is 0 Å². The average Bonchev–Trinajstić information content (AvgIpc) is 2.21. The number of urea groups is 1. The van der Waals surface area contributed by atoms with Crippen molar-refractivity contribution in [2.45, 2.75) is 27.2 Å². The molecule has 0 saturated carbocycles. The molecule has 0 bridgehead atoms. The van der Waals surface area contributed by atoms with Crippen molar-refractivity contribution in [3.05, 3.63) is 0 Å². The van der Waals surface area contributed by atoms with E-state index in [-0.39, 0.29) is 6.03 Å². The number of rotatable bonds is 6. The van der Waals surface area contributed by atoms with E-state index in [2.05, 4.69) is 0 Å². The third-order valence-corrected chi connectivity index (χ3v) is 2.32. The van der Waals surface area contributed by atoms with Gasteiger partial charge < -0.3 is 15.5 Å². The number of amides is 2. The molecule has 0 aromatic carbocycles. The molecule has 84 valence electrons. The van der Waals surface area contributed by atoms with Crippen molar-refractivity contribution in [1.29, 1.82) is 0 Å². The van der Waals surface area contributed by atoms with Crippen molar-refractivity contribution >= 4 is 6.03 Å². The Bertz CT molecular complexity index is 157. The van der Waals surface area contributed by atoms with Gasteiger partial charge in [0.25, 0.3) is 0 Å². The first-order valence-electron chi connectivity index (χ1n) is 5.45. The van der Waals surface area contributed by atoms with Crippen LogP contribution in [0.1, 0.15) is 27.2 Å². The van der Waals surface area contributed by atoms with Crippen LogP contribution in [0.15, 0.2) is 0 Å². The summed E-state index contributed by atoms with van der Waals surface area (Å²) in [5, 5.41) is 0. The minimum Gasteiger partial charge on any atom is -0.330 e. The highest BCUT2D eigenvalue weighted by molar-refractivity contribution is 5.74. The van der Waals surface area contributed by atoms with Crippen molar-refractivity contribution < 1.29 is 4.79 Å². The van der Waals surface area contributed by atoms with Gasteiger partial charge in [-0.15, -0.1) is 0 Å². The molecule has 2 amide bonds. The summed E-state index contributed by atoms with van der Waals surface area (Å²) in [5.41, 5.74) is 5.42. The molecule has 4 heteroatoms. The molecule has 0 rings (SSSR count). The number of nitrogens with two attached hydrogens (primary N) is 1. The number of hydrogen-bond acceptors (Lipinski definition) is 2. The van der Waals surface area contributed by atoms with Crippen LogP contribution in [0.3, 0.4) is 0 Å². The summed E-state index contributed by atoms with van der Waals surface area (Å²) in [6, 6.07) is 0.131. The van der Waals surface area contributed by atoms with Gasteiger partial charge in [0.1, 0.15) is 0 Å². The molecule has 0 aromatic rings. The number of carbonyl (C=O) groups excluding carboxylic acids is 1. The third kappa shape index (κ3) is 3.96. The fourth-order valence-electron chi connectivity index (χ4n) is 1.37. The summed E-state index contributed by atoms with van der Waals surface area (Å²) in [6.45, 7) is 9.71. The van der Waals surface area contributed by atoms with Crippen molar-refractivity contribution in [3.63, 3.8) is 0 Å². The molecule has 4 nitrogen and oxygen atoms in total. The van der Waals surface area contributed by atoms with E-state index in [1.54, 1.807) is 0 Å². The molecule has 0 heterocycles. The Kier molecular flexibility index (Phi) is 7.20. The van der Waals surface area contributed by atoms with Gasteiger partial charge in [-0.2, -0.15) is 0 Å². The lowest BCUT2D eigenvalue weighted by Crippen LogP contribution is -2.43. The van der Waals surface area contributed by atoms with Crippen LogP contribution in [0, 0.1) is 0 Å². The summed E-state index contributed by atoms with van der Waals surface area (Å²) < 4.78 is 0. The summed E-state index contributed by atoms with van der Waals surface area (Å²) in [4.78, 5) is 15.5. The minimum atomic E-state index is 0.131. The van der Waals surface area contributed by atoms with Gasteiger partial charge in [-0.3, -0.25) is 0 Å². The Hall–Kier alpha value is -0.770. The first-order valence-corrected chi connectivity index (χ1v) is 5.45. The summed E-state index contributed by atoms with van der Waals surface area (Å²) in [5.74, 6) is 0. The lowest BCUT2D eigenvalue weighted by Gasteiger charge is -2.28. The highest BCUT2D eigenvalue weighted by atomic mass is 16.2. The maximum atomic E-state index is 11.9. The molecule has 0 radical (unpaired) electrons. The van der Waals surface area contributed by atoms with Crippen molar-refractivity contribution in [2.24, 2.45) is 5.73 Å². The molecule has 0 aliphatic heterocycles. The highest BCUT2D eigenvalue weighted by Gasteiger charge is 2.15. The smallest absolute Gasteiger partial charge is 0.319 e. The molecule has 0 spiro atoms. The van der Waals surface area contributed by atoms with E-state index in [9.17, 15) is 4.79 Å². The predicted octanol–water partition coefficient (Wildman–Crippen LogP) is 1.12. The van der Waals surface area contributed by atoms with E-state index in [1.165, 1.54) is 0 Å². The van der Waals surface area contributed by atoms with Gasteiger partial charge in [0.2, 0.25) is 0 Å². The fraction of sp³-hybridized carbons (Fsp3) is 0.900. The lowest BCUT2D eigenvalue weighted by atomic mass is 10.4. The Labute approximate surface area is 87.0 Å². The summed E-state index contributed by atoms with van der Waals surface area (Å²) in [6.07, 6.45) is 0.876. The third-order valence-electron chi connectivity index (χ3n) is 2.32. The van der Waals surface area contributed by atoms with E-state index in [0.29, 0.717) is 6.54 Å². The van der Waals surface area contributed by atoms with Gasteiger partial charge in [0.05, 0.1) is 0 Å². The van der Waals surface area contributed by atoms with E-state index in [0.717, 1.165) is 32.6 Å². The SMILES string of the molecule is CCN(CC)C(=O)N(CC)CCCN. The summed E-state index contributed by atoms with van der Waals surface area (Å²) >= 11 is 0. The zero-order valence-corrected chi connectivity index (χ0v) is 9.62. The van der Waals surface area contributed by atoms with Gasteiger partial charge in [-0.1, -0.05) is 0 Å². The van der Waals surface area contributed by atoms with Gasteiger partial charge in [-0.25, -0.2) is 4.79 Å². The fourth-order valence-corrected chi connectivity index (χ4v) is 1.37. The van der Waals surface area contributed by atoms with Crippen LogP contribution < -0.4 is 5.73 Å². The number of carbonyl (C=O) groups is 1. The van der Waals surface area contributed by atoms with Crippen LogP contribution in [-0.2, 0) is 0 Å². The first-order chi connectivity index (χ1) is 6.71. The molecule has 2 N–H and O–H groups in total. The average molecular weight is 201 g/mol. The molecule has 0 aromatic heterocycles. The zero-order valence-electron chi connectivity index (χ0n) is 9.62. The molecule has 0 unspecified atom stereocenters. The van der Waals surface area contributed by atoms with Crippen LogP contribution >= 0.6 is 0 Å². The Morgan fingerprint density at radius 2 is 1.57 bits per heavy atom. The van der Waals surface area contributed by atoms with E-state index >= 15 is 0 Å². The largest absolute Gasteiger partial charge is 0.330 e. The monoisotopic (exact) mass is 201 g/mol. The first kappa shape index (κ1) is 13.2. The molecule has 0 atom stereocenters. The number of nitrogens with zero attached hydrogens (tertiary/aromatic N) is 2.